The first-order valence-corrected chi connectivity index (χ1v) is 12.4. The van der Waals surface area contributed by atoms with Gasteiger partial charge in [0.1, 0.15) is 29.6 Å². The van der Waals surface area contributed by atoms with E-state index >= 15 is 0 Å². The first kappa shape index (κ1) is 22.8. The second-order valence-electron chi connectivity index (χ2n) is 9.69. The summed E-state index contributed by atoms with van der Waals surface area (Å²) in [5.41, 5.74) is 9.69. The van der Waals surface area contributed by atoms with Crippen molar-refractivity contribution in [3.63, 3.8) is 0 Å². The standard InChI is InChI=1S/C26H34FN7/c1-4-21-24(28)30-15-31-26(21)33-9-7-18(8-10-33)25-32-23(19-5-6-22(27)16(2)11-19)14-34(25)17(3)20-12-29-13-20/h5-6,11,14-15,17-18,20,29H,4,7-10,12-13H2,1-3H3,(H2,28,30,31). The van der Waals surface area contributed by atoms with Gasteiger partial charge in [0.25, 0.3) is 0 Å². The third-order valence-electron chi connectivity index (χ3n) is 7.62. The Morgan fingerprint density at radius 2 is 1.97 bits per heavy atom. The number of nitrogen functional groups attached to an aromatic ring is 1. The van der Waals surface area contributed by atoms with Gasteiger partial charge in [0.2, 0.25) is 0 Å². The van der Waals surface area contributed by atoms with Crippen LogP contribution < -0.4 is 16.0 Å². The molecule has 5 rings (SSSR count). The number of nitrogens with one attached hydrogen (secondary N) is 1. The van der Waals surface area contributed by atoms with Gasteiger partial charge in [-0.1, -0.05) is 6.92 Å². The molecule has 8 heteroatoms. The minimum Gasteiger partial charge on any atom is -0.383 e. The molecule has 7 nitrogen and oxygen atoms in total. The molecule has 0 amide bonds. The van der Waals surface area contributed by atoms with E-state index in [0.717, 1.165) is 73.9 Å². The van der Waals surface area contributed by atoms with Gasteiger partial charge in [0.15, 0.2) is 0 Å². The molecule has 0 spiro atoms. The zero-order valence-electron chi connectivity index (χ0n) is 20.3. The summed E-state index contributed by atoms with van der Waals surface area (Å²) in [7, 11) is 0. The molecule has 0 saturated carbocycles. The summed E-state index contributed by atoms with van der Waals surface area (Å²) in [5.74, 6) is 3.48. The average Bonchev–Trinajstić information content (AvgIpc) is 3.25. The molecular weight excluding hydrogens is 429 g/mol. The van der Waals surface area contributed by atoms with Crippen molar-refractivity contribution >= 4 is 11.6 Å². The van der Waals surface area contributed by atoms with E-state index in [-0.39, 0.29) is 5.82 Å². The van der Waals surface area contributed by atoms with Gasteiger partial charge in [0.05, 0.1) is 5.69 Å². The molecule has 1 unspecified atom stereocenters. The Kier molecular flexibility index (Phi) is 6.25. The van der Waals surface area contributed by atoms with E-state index in [0.29, 0.717) is 29.3 Å². The van der Waals surface area contributed by atoms with Crippen molar-refractivity contribution in [1.82, 2.24) is 24.8 Å². The lowest BCUT2D eigenvalue weighted by atomic mass is 9.92. The monoisotopic (exact) mass is 463 g/mol. The van der Waals surface area contributed by atoms with Gasteiger partial charge in [-0.2, -0.15) is 0 Å². The van der Waals surface area contributed by atoms with Crippen LogP contribution in [0.25, 0.3) is 11.3 Å². The molecule has 2 aromatic heterocycles. The normalized spacial score (nSPS) is 18.2. The maximum absolute atomic E-state index is 13.9. The van der Waals surface area contributed by atoms with Gasteiger partial charge in [-0.05, 0) is 56.9 Å². The third-order valence-corrected chi connectivity index (χ3v) is 7.62. The molecule has 2 aliphatic rings. The molecule has 1 atom stereocenters. The first-order valence-electron chi connectivity index (χ1n) is 12.4. The van der Waals surface area contributed by atoms with Crippen LogP contribution in [0.3, 0.4) is 0 Å². The van der Waals surface area contributed by atoms with Crippen molar-refractivity contribution in [1.29, 1.82) is 0 Å². The molecule has 2 saturated heterocycles. The van der Waals surface area contributed by atoms with Crippen molar-refractivity contribution in [3.05, 3.63) is 53.5 Å². The van der Waals surface area contributed by atoms with Crippen LogP contribution in [0.15, 0.2) is 30.7 Å². The molecule has 0 radical (unpaired) electrons. The topological polar surface area (TPSA) is 84.9 Å². The summed E-state index contributed by atoms with van der Waals surface area (Å²) >= 11 is 0. The van der Waals surface area contributed by atoms with Crippen LogP contribution in [0.2, 0.25) is 0 Å². The largest absolute Gasteiger partial charge is 0.383 e. The van der Waals surface area contributed by atoms with Crippen LogP contribution in [0.5, 0.6) is 0 Å². The Morgan fingerprint density at radius 3 is 2.62 bits per heavy atom. The van der Waals surface area contributed by atoms with Crippen LogP contribution in [-0.4, -0.2) is 45.7 Å². The summed E-state index contributed by atoms with van der Waals surface area (Å²) in [6.45, 7) is 10.1. The minimum atomic E-state index is -0.179. The lowest BCUT2D eigenvalue weighted by Crippen LogP contribution is -2.46. The van der Waals surface area contributed by atoms with E-state index in [1.807, 2.05) is 12.1 Å². The molecule has 1 aromatic carbocycles. The fourth-order valence-electron chi connectivity index (χ4n) is 5.24. The van der Waals surface area contributed by atoms with E-state index in [4.69, 9.17) is 10.7 Å². The Bertz CT molecular complexity index is 1160. The molecule has 3 N–H and O–H groups in total. The third kappa shape index (κ3) is 4.15. The van der Waals surface area contributed by atoms with E-state index in [9.17, 15) is 4.39 Å². The molecule has 0 bridgehead atoms. The highest BCUT2D eigenvalue weighted by molar-refractivity contribution is 5.60. The summed E-state index contributed by atoms with van der Waals surface area (Å²) in [4.78, 5) is 16.2. The SMILES string of the molecule is CCc1c(N)ncnc1N1CCC(c2nc(-c3ccc(F)c(C)c3)cn2C(C)C2CNC2)CC1. The molecule has 4 heterocycles. The summed E-state index contributed by atoms with van der Waals surface area (Å²) < 4.78 is 16.3. The van der Waals surface area contributed by atoms with E-state index in [2.05, 4.69) is 44.8 Å². The number of nitrogens with two attached hydrogens (primary N) is 1. The number of anilines is 2. The van der Waals surface area contributed by atoms with Crippen molar-refractivity contribution in [3.8, 4) is 11.3 Å². The number of benzene rings is 1. The number of aromatic nitrogens is 4. The fraction of sp³-hybridized carbons (Fsp3) is 0.500. The summed E-state index contributed by atoms with van der Waals surface area (Å²) in [6.07, 6.45) is 6.56. The Balaban J connectivity index is 1.42. The molecule has 3 aromatic rings. The Morgan fingerprint density at radius 1 is 1.21 bits per heavy atom. The van der Waals surface area contributed by atoms with Gasteiger partial charge >= 0.3 is 0 Å². The lowest BCUT2D eigenvalue weighted by Gasteiger charge is -2.37. The summed E-state index contributed by atoms with van der Waals surface area (Å²) in [6, 6.07) is 5.64. The van der Waals surface area contributed by atoms with Gasteiger partial charge in [-0.3, -0.25) is 0 Å². The second kappa shape index (κ2) is 9.33. The molecule has 2 aliphatic heterocycles. The van der Waals surface area contributed by atoms with Crippen LogP contribution >= 0.6 is 0 Å². The van der Waals surface area contributed by atoms with Crippen LogP contribution in [0.1, 0.15) is 55.6 Å². The van der Waals surface area contributed by atoms with E-state index in [1.54, 1.807) is 19.3 Å². The predicted molar refractivity (Wildman–Crippen MR) is 133 cm³/mol. The predicted octanol–water partition coefficient (Wildman–Crippen LogP) is 4.10. The van der Waals surface area contributed by atoms with Crippen LogP contribution in [-0.2, 0) is 6.42 Å². The van der Waals surface area contributed by atoms with Crippen molar-refractivity contribution in [2.45, 2.75) is 52.0 Å². The van der Waals surface area contributed by atoms with Crippen molar-refractivity contribution in [2.75, 3.05) is 36.8 Å². The number of hydrogen-bond acceptors (Lipinski definition) is 6. The highest BCUT2D eigenvalue weighted by Gasteiger charge is 2.31. The van der Waals surface area contributed by atoms with E-state index in [1.165, 1.54) is 0 Å². The van der Waals surface area contributed by atoms with E-state index < -0.39 is 0 Å². The van der Waals surface area contributed by atoms with Gasteiger partial charge < -0.3 is 20.5 Å². The Hall–Kier alpha value is -3.00. The second-order valence-corrected chi connectivity index (χ2v) is 9.69. The van der Waals surface area contributed by atoms with Crippen LogP contribution in [0.4, 0.5) is 16.0 Å². The van der Waals surface area contributed by atoms with Crippen LogP contribution in [0, 0.1) is 18.7 Å². The van der Waals surface area contributed by atoms with Gasteiger partial charge in [-0.25, -0.2) is 19.3 Å². The number of piperidine rings is 1. The fourth-order valence-corrected chi connectivity index (χ4v) is 5.24. The first-order chi connectivity index (χ1) is 16.5. The molecule has 2 fully saturated rings. The number of imidazole rings is 1. The maximum Gasteiger partial charge on any atom is 0.137 e. The van der Waals surface area contributed by atoms with Gasteiger partial charge in [-0.15, -0.1) is 0 Å². The van der Waals surface area contributed by atoms with Gasteiger partial charge in [0, 0.05) is 61.4 Å². The number of hydrogen-bond donors (Lipinski definition) is 2. The Labute approximate surface area is 200 Å². The number of halogens is 1. The summed E-state index contributed by atoms with van der Waals surface area (Å²) in [5, 5.41) is 3.40. The molecule has 180 valence electrons. The number of rotatable bonds is 6. The number of aryl methyl sites for hydroxylation is 1. The molecular formula is C26H34FN7. The number of nitrogens with zero attached hydrogens (tertiary/aromatic N) is 5. The maximum atomic E-state index is 13.9. The highest BCUT2D eigenvalue weighted by Crippen LogP contribution is 2.36. The zero-order chi connectivity index (χ0) is 23.8. The lowest BCUT2D eigenvalue weighted by molar-refractivity contribution is 0.242. The van der Waals surface area contributed by atoms with Crippen molar-refractivity contribution in [2.24, 2.45) is 5.92 Å². The highest BCUT2D eigenvalue weighted by atomic mass is 19.1. The average molecular weight is 464 g/mol. The zero-order valence-corrected chi connectivity index (χ0v) is 20.3. The minimum absolute atomic E-state index is 0.179. The quantitative estimate of drug-likeness (QED) is 0.573. The molecule has 34 heavy (non-hydrogen) atoms. The van der Waals surface area contributed by atoms with Crippen molar-refractivity contribution < 1.29 is 4.39 Å². The molecule has 0 aliphatic carbocycles. The smallest absolute Gasteiger partial charge is 0.137 e.